The van der Waals surface area contributed by atoms with Gasteiger partial charge in [0.15, 0.2) is 0 Å². The number of benzene rings is 3. The van der Waals surface area contributed by atoms with E-state index in [1.165, 1.54) is 0 Å². The number of para-hydroxylation sites is 2. The number of hydrogen-bond donors (Lipinski definition) is 1. The predicted octanol–water partition coefficient (Wildman–Crippen LogP) is 5.36. The van der Waals surface area contributed by atoms with E-state index in [-0.39, 0.29) is 31.1 Å². The van der Waals surface area contributed by atoms with E-state index >= 15 is 0 Å². The summed E-state index contributed by atoms with van der Waals surface area (Å²) in [5.41, 5.74) is 12.0. The average molecular weight is 486 g/mol. The molecular formula is C29H31N3O4. The number of aromatic nitrogens is 2. The monoisotopic (exact) mass is 485 g/mol. The summed E-state index contributed by atoms with van der Waals surface area (Å²) in [4.78, 5) is 12.1. The molecule has 36 heavy (non-hydrogen) atoms. The van der Waals surface area contributed by atoms with Gasteiger partial charge in [-0.1, -0.05) is 42.5 Å². The van der Waals surface area contributed by atoms with Crippen molar-refractivity contribution < 1.29 is 19.0 Å². The van der Waals surface area contributed by atoms with Crippen LogP contribution in [0.25, 0.3) is 22.0 Å². The molecule has 0 fully saturated rings. The van der Waals surface area contributed by atoms with Gasteiger partial charge in [-0.15, -0.1) is 0 Å². The van der Waals surface area contributed by atoms with Crippen LogP contribution in [-0.4, -0.2) is 29.0 Å². The lowest BCUT2D eigenvalue weighted by atomic mass is 9.98. The van der Waals surface area contributed by atoms with Gasteiger partial charge < -0.3 is 19.9 Å². The van der Waals surface area contributed by atoms with Gasteiger partial charge in [-0.25, -0.2) is 0 Å². The number of nitrogens with zero attached hydrogens (tertiary/aromatic N) is 2. The van der Waals surface area contributed by atoms with Crippen LogP contribution in [0.2, 0.25) is 0 Å². The lowest BCUT2D eigenvalue weighted by Gasteiger charge is -2.11. The number of esters is 1. The van der Waals surface area contributed by atoms with Crippen molar-refractivity contribution in [3.63, 3.8) is 0 Å². The molecule has 0 bridgehead atoms. The van der Waals surface area contributed by atoms with Crippen molar-refractivity contribution in [3.8, 4) is 22.6 Å². The molecule has 1 atom stereocenters. The van der Waals surface area contributed by atoms with Crippen molar-refractivity contribution >= 4 is 16.9 Å². The normalized spacial score (nSPS) is 14.6. The Kier molecular flexibility index (Phi) is 6.65. The highest BCUT2D eigenvalue weighted by Gasteiger charge is 2.24. The molecule has 0 aliphatic carbocycles. The zero-order valence-electron chi connectivity index (χ0n) is 20.9. The molecule has 7 heteroatoms. The first kappa shape index (κ1) is 23.9. The molecular weight excluding hydrogens is 454 g/mol. The summed E-state index contributed by atoms with van der Waals surface area (Å²) in [5, 5.41) is 5.91. The van der Waals surface area contributed by atoms with Gasteiger partial charge in [0.05, 0.1) is 24.6 Å². The molecule has 0 radical (unpaired) electrons. The molecule has 3 aromatic carbocycles. The summed E-state index contributed by atoms with van der Waals surface area (Å²) >= 11 is 0. The fourth-order valence-electron chi connectivity index (χ4n) is 4.68. The molecule has 7 nitrogen and oxygen atoms in total. The number of hydrogen-bond acceptors (Lipinski definition) is 6. The standard InChI is InChI=1S/C29H31N3O4/c1-4-34-28(33)15-20-8-5-6-11-27(20)35-17-25-23-14-19(12-13-26(23)32(31-25)18(2)3)21-9-7-10-22-24(30)16-36-29(21)22/h5-14,18,24H,4,15-17,30H2,1-3H3. The van der Waals surface area contributed by atoms with Crippen LogP contribution in [-0.2, 0) is 22.6 Å². The summed E-state index contributed by atoms with van der Waals surface area (Å²) in [5.74, 6) is 1.23. The zero-order chi connectivity index (χ0) is 25.2. The number of rotatable bonds is 8. The van der Waals surface area contributed by atoms with E-state index in [2.05, 4.69) is 38.1 Å². The Morgan fingerprint density at radius 3 is 2.81 bits per heavy atom. The van der Waals surface area contributed by atoms with E-state index in [9.17, 15) is 4.79 Å². The van der Waals surface area contributed by atoms with Crippen molar-refractivity contribution in [1.29, 1.82) is 0 Å². The van der Waals surface area contributed by atoms with Gasteiger partial charge in [-0.2, -0.15) is 5.10 Å². The van der Waals surface area contributed by atoms with Crippen LogP contribution < -0.4 is 15.2 Å². The molecule has 186 valence electrons. The smallest absolute Gasteiger partial charge is 0.310 e. The van der Waals surface area contributed by atoms with Crippen LogP contribution in [0.15, 0.2) is 60.7 Å². The summed E-state index contributed by atoms with van der Waals surface area (Å²) in [7, 11) is 0. The van der Waals surface area contributed by atoms with E-state index in [1.807, 2.05) is 41.1 Å². The minimum atomic E-state index is -0.273. The summed E-state index contributed by atoms with van der Waals surface area (Å²) in [6.45, 7) is 7.13. The third-order valence-electron chi connectivity index (χ3n) is 6.41. The molecule has 0 spiro atoms. The van der Waals surface area contributed by atoms with Crippen molar-refractivity contribution in [2.45, 2.75) is 45.9 Å². The molecule has 0 saturated carbocycles. The molecule has 2 N–H and O–H groups in total. The molecule has 0 amide bonds. The van der Waals surface area contributed by atoms with E-state index in [0.29, 0.717) is 19.0 Å². The first-order valence-electron chi connectivity index (χ1n) is 12.4. The highest BCUT2D eigenvalue weighted by molar-refractivity contribution is 5.88. The van der Waals surface area contributed by atoms with E-state index < -0.39 is 0 Å². The van der Waals surface area contributed by atoms with Crippen LogP contribution in [0.3, 0.4) is 0 Å². The Morgan fingerprint density at radius 2 is 2.00 bits per heavy atom. The van der Waals surface area contributed by atoms with Crippen molar-refractivity contribution in [2.75, 3.05) is 13.2 Å². The second-order valence-electron chi connectivity index (χ2n) is 9.24. The van der Waals surface area contributed by atoms with Gasteiger partial charge in [0, 0.05) is 28.1 Å². The van der Waals surface area contributed by atoms with E-state index in [4.69, 9.17) is 25.0 Å². The molecule has 1 aromatic heterocycles. The minimum absolute atomic E-state index is 0.106. The third-order valence-corrected chi connectivity index (χ3v) is 6.41. The van der Waals surface area contributed by atoms with Crippen LogP contribution in [0.5, 0.6) is 11.5 Å². The van der Waals surface area contributed by atoms with Gasteiger partial charge in [0.25, 0.3) is 0 Å². The highest BCUT2D eigenvalue weighted by Crippen LogP contribution is 2.41. The predicted molar refractivity (Wildman–Crippen MR) is 139 cm³/mol. The maximum Gasteiger partial charge on any atom is 0.310 e. The topological polar surface area (TPSA) is 88.6 Å². The first-order chi connectivity index (χ1) is 17.5. The SMILES string of the molecule is CCOC(=O)Cc1ccccc1OCc1nn(C(C)C)c2ccc(-c3cccc4c3OCC4N)cc12. The number of ether oxygens (including phenoxy) is 3. The van der Waals surface area contributed by atoms with Gasteiger partial charge >= 0.3 is 5.97 Å². The zero-order valence-corrected chi connectivity index (χ0v) is 20.9. The molecule has 4 aromatic rings. The molecule has 1 aliphatic rings. The summed E-state index contributed by atoms with van der Waals surface area (Å²) in [6, 6.07) is 20.1. The van der Waals surface area contributed by atoms with Crippen molar-refractivity contribution in [2.24, 2.45) is 5.73 Å². The number of carbonyl (C=O) groups is 1. The maximum absolute atomic E-state index is 12.1. The number of carbonyl (C=O) groups excluding carboxylic acids is 1. The van der Waals surface area contributed by atoms with Crippen LogP contribution in [0.4, 0.5) is 0 Å². The van der Waals surface area contributed by atoms with Crippen molar-refractivity contribution in [3.05, 3.63) is 77.5 Å². The minimum Gasteiger partial charge on any atom is -0.491 e. The number of nitrogens with two attached hydrogens (primary N) is 1. The molecule has 1 unspecified atom stereocenters. The largest absolute Gasteiger partial charge is 0.491 e. The van der Waals surface area contributed by atoms with Crippen molar-refractivity contribution in [1.82, 2.24) is 9.78 Å². The van der Waals surface area contributed by atoms with Gasteiger partial charge in [-0.3, -0.25) is 9.48 Å². The maximum atomic E-state index is 12.1. The van der Waals surface area contributed by atoms with E-state index in [0.717, 1.165) is 44.6 Å². The van der Waals surface area contributed by atoms with Gasteiger partial charge in [0.2, 0.25) is 0 Å². The molecule has 1 aliphatic heterocycles. The fourth-order valence-corrected chi connectivity index (χ4v) is 4.68. The van der Waals surface area contributed by atoms with Gasteiger partial charge in [0.1, 0.15) is 30.4 Å². The third kappa shape index (κ3) is 4.54. The lowest BCUT2D eigenvalue weighted by molar-refractivity contribution is -0.142. The Morgan fingerprint density at radius 1 is 1.17 bits per heavy atom. The van der Waals surface area contributed by atoms with E-state index in [1.54, 1.807) is 6.92 Å². The lowest BCUT2D eigenvalue weighted by Crippen LogP contribution is -2.10. The quantitative estimate of drug-likeness (QED) is 0.338. The Bertz CT molecular complexity index is 1410. The second-order valence-corrected chi connectivity index (χ2v) is 9.24. The Hall–Kier alpha value is -3.84. The first-order valence-corrected chi connectivity index (χ1v) is 12.4. The molecule has 2 heterocycles. The van der Waals surface area contributed by atoms with Gasteiger partial charge in [-0.05, 0) is 44.5 Å². The van der Waals surface area contributed by atoms with Crippen LogP contribution >= 0.6 is 0 Å². The number of fused-ring (bicyclic) bond motifs is 2. The fraction of sp³-hybridized carbons (Fsp3) is 0.310. The Labute approximate surface area is 210 Å². The molecule has 0 saturated heterocycles. The van der Waals surface area contributed by atoms with Crippen LogP contribution in [0, 0.1) is 0 Å². The summed E-state index contributed by atoms with van der Waals surface area (Å²) in [6.07, 6.45) is 0.163. The molecule has 5 rings (SSSR count). The Balaban J connectivity index is 1.49. The van der Waals surface area contributed by atoms with Crippen LogP contribution in [0.1, 0.15) is 49.7 Å². The summed E-state index contributed by atoms with van der Waals surface area (Å²) < 4.78 is 19.3. The second kappa shape index (κ2) is 10.0. The average Bonchev–Trinajstić information content (AvgIpc) is 3.44. The highest BCUT2D eigenvalue weighted by atomic mass is 16.5.